The van der Waals surface area contributed by atoms with Crippen molar-refractivity contribution in [2.75, 3.05) is 6.26 Å². The summed E-state index contributed by atoms with van der Waals surface area (Å²) in [4.78, 5) is 0.856. The lowest BCUT2D eigenvalue weighted by atomic mass is 10.2. The first kappa shape index (κ1) is 13.0. The molecule has 0 atom stereocenters. The lowest BCUT2D eigenvalue weighted by Crippen LogP contribution is -1.92. The van der Waals surface area contributed by atoms with Gasteiger partial charge in [-0.2, -0.15) is 10.5 Å². The van der Waals surface area contributed by atoms with Crippen LogP contribution >= 0.6 is 11.8 Å². The van der Waals surface area contributed by atoms with E-state index in [1.165, 1.54) is 11.8 Å². The lowest BCUT2D eigenvalue weighted by Gasteiger charge is -2.10. The van der Waals surface area contributed by atoms with Crippen LogP contribution in [0.4, 0.5) is 0 Å². The Hall–Kier alpha value is -2.43. The third-order valence-corrected chi connectivity index (χ3v) is 3.33. The number of rotatable bonds is 3. The smallest absolute Gasteiger partial charge is 0.146 e. The van der Waals surface area contributed by atoms with E-state index in [1.54, 1.807) is 30.3 Å². The number of benzene rings is 2. The molecule has 3 nitrogen and oxygen atoms in total. The number of para-hydroxylation sites is 1. The summed E-state index contributed by atoms with van der Waals surface area (Å²) in [5, 5.41) is 18.3. The predicted octanol–water partition coefficient (Wildman–Crippen LogP) is 3.94. The summed E-state index contributed by atoms with van der Waals surface area (Å²) < 4.78 is 5.71. The van der Waals surface area contributed by atoms with Crippen LogP contribution in [0.3, 0.4) is 0 Å². The quantitative estimate of drug-likeness (QED) is 0.789. The molecule has 2 rings (SSSR count). The van der Waals surface area contributed by atoms with Gasteiger partial charge in [0.2, 0.25) is 0 Å². The first-order valence-electron chi connectivity index (χ1n) is 5.54. The highest BCUT2D eigenvalue weighted by Crippen LogP contribution is 2.32. The number of hydrogen-bond acceptors (Lipinski definition) is 4. The van der Waals surface area contributed by atoms with Crippen LogP contribution in [0.2, 0.25) is 0 Å². The predicted molar refractivity (Wildman–Crippen MR) is 74.2 cm³/mol. The van der Waals surface area contributed by atoms with Crippen LogP contribution in [0.25, 0.3) is 0 Å². The van der Waals surface area contributed by atoms with Crippen LogP contribution in [0.1, 0.15) is 11.1 Å². The molecule has 0 unspecified atom stereocenters. The van der Waals surface area contributed by atoms with Gasteiger partial charge in [-0.3, -0.25) is 0 Å². The number of nitrogens with zero attached hydrogens (tertiary/aromatic N) is 2. The Morgan fingerprint density at radius 1 is 0.947 bits per heavy atom. The van der Waals surface area contributed by atoms with Gasteiger partial charge < -0.3 is 4.74 Å². The first-order valence-corrected chi connectivity index (χ1v) is 6.76. The number of ether oxygens (including phenoxy) is 1. The van der Waals surface area contributed by atoms with Gasteiger partial charge in [0.15, 0.2) is 0 Å². The summed E-state index contributed by atoms with van der Waals surface area (Å²) >= 11 is 1.49. The van der Waals surface area contributed by atoms with Crippen LogP contribution in [-0.2, 0) is 0 Å². The molecular weight excluding hydrogens is 256 g/mol. The van der Waals surface area contributed by atoms with E-state index in [9.17, 15) is 5.26 Å². The largest absolute Gasteiger partial charge is 0.455 e. The highest BCUT2D eigenvalue weighted by atomic mass is 32.2. The SMILES string of the molecule is CSc1cccc(Oc2ccccc2C#N)c1C#N. The normalized spacial score (nSPS) is 9.42. The van der Waals surface area contributed by atoms with E-state index in [1.807, 2.05) is 18.4 Å². The molecule has 0 spiro atoms. The molecule has 0 bridgehead atoms. The molecule has 0 saturated carbocycles. The van der Waals surface area contributed by atoms with Crippen molar-refractivity contribution in [3.05, 3.63) is 53.6 Å². The molecule has 0 N–H and O–H groups in total. The van der Waals surface area contributed by atoms with Crippen molar-refractivity contribution in [1.82, 2.24) is 0 Å². The standard InChI is InChI=1S/C15H10N2OS/c1-19-15-8-4-7-14(12(15)10-17)18-13-6-3-2-5-11(13)9-16/h2-8H,1H3. The van der Waals surface area contributed by atoms with Crippen molar-refractivity contribution < 1.29 is 4.74 Å². The summed E-state index contributed by atoms with van der Waals surface area (Å²) in [6.45, 7) is 0. The molecule has 0 aliphatic heterocycles. The second kappa shape index (κ2) is 5.95. The Morgan fingerprint density at radius 2 is 1.68 bits per heavy atom. The molecule has 0 fully saturated rings. The van der Waals surface area contributed by atoms with Crippen LogP contribution < -0.4 is 4.74 Å². The summed E-state index contributed by atoms with van der Waals surface area (Å²) in [7, 11) is 0. The molecule has 2 aromatic rings. The van der Waals surface area contributed by atoms with E-state index in [4.69, 9.17) is 10.00 Å². The molecule has 0 amide bonds. The first-order chi connectivity index (χ1) is 9.30. The summed E-state index contributed by atoms with van der Waals surface area (Å²) in [5.41, 5.74) is 0.934. The van der Waals surface area contributed by atoms with Crippen molar-refractivity contribution in [2.45, 2.75) is 4.90 Å². The van der Waals surface area contributed by atoms with E-state index >= 15 is 0 Å². The molecule has 0 heterocycles. The van der Waals surface area contributed by atoms with Gasteiger partial charge in [0.05, 0.1) is 5.56 Å². The van der Waals surface area contributed by atoms with Gasteiger partial charge in [-0.05, 0) is 30.5 Å². The average Bonchev–Trinajstić information content (AvgIpc) is 2.47. The highest BCUT2D eigenvalue weighted by molar-refractivity contribution is 7.98. The van der Waals surface area contributed by atoms with Crippen molar-refractivity contribution in [1.29, 1.82) is 10.5 Å². The fourth-order valence-electron chi connectivity index (χ4n) is 1.64. The maximum absolute atomic E-state index is 9.23. The average molecular weight is 266 g/mol. The number of hydrogen-bond donors (Lipinski definition) is 0. The second-order valence-electron chi connectivity index (χ2n) is 3.66. The van der Waals surface area contributed by atoms with Gasteiger partial charge in [0.1, 0.15) is 29.2 Å². The van der Waals surface area contributed by atoms with Gasteiger partial charge in [-0.25, -0.2) is 0 Å². The fourth-order valence-corrected chi connectivity index (χ4v) is 2.21. The minimum atomic E-state index is 0.445. The van der Waals surface area contributed by atoms with E-state index in [2.05, 4.69) is 12.1 Å². The van der Waals surface area contributed by atoms with E-state index in [0.29, 0.717) is 22.6 Å². The monoisotopic (exact) mass is 266 g/mol. The molecule has 0 aromatic heterocycles. The van der Waals surface area contributed by atoms with Gasteiger partial charge in [0, 0.05) is 4.90 Å². The Kier molecular flexibility index (Phi) is 4.07. The summed E-state index contributed by atoms with van der Waals surface area (Å²) in [6.07, 6.45) is 1.91. The summed E-state index contributed by atoms with van der Waals surface area (Å²) in [6, 6.07) is 16.6. The van der Waals surface area contributed by atoms with Crippen molar-refractivity contribution in [3.63, 3.8) is 0 Å². The van der Waals surface area contributed by atoms with Gasteiger partial charge in [-0.1, -0.05) is 18.2 Å². The number of thioether (sulfide) groups is 1. The van der Waals surface area contributed by atoms with Crippen LogP contribution in [-0.4, -0.2) is 6.26 Å². The Balaban J connectivity index is 2.45. The molecule has 2 aromatic carbocycles. The Bertz CT molecular complexity index is 683. The van der Waals surface area contributed by atoms with Gasteiger partial charge in [-0.15, -0.1) is 11.8 Å². The van der Waals surface area contributed by atoms with Crippen molar-refractivity contribution >= 4 is 11.8 Å². The number of nitriles is 2. The highest BCUT2D eigenvalue weighted by Gasteiger charge is 2.11. The second-order valence-corrected chi connectivity index (χ2v) is 4.50. The van der Waals surface area contributed by atoms with E-state index < -0.39 is 0 Å². The molecule has 19 heavy (non-hydrogen) atoms. The maximum Gasteiger partial charge on any atom is 0.146 e. The zero-order chi connectivity index (χ0) is 13.7. The minimum Gasteiger partial charge on any atom is -0.455 e. The maximum atomic E-state index is 9.23. The van der Waals surface area contributed by atoms with Crippen LogP contribution in [0.15, 0.2) is 47.4 Å². The van der Waals surface area contributed by atoms with Crippen molar-refractivity contribution in [3.8, 4) is 23.6 Å². The molecule has 92 valence electrons. The van der Waals surface area contributed by atoms with Gasteiger partial charge >= 0.3 is 0 Å². The molecule has 0 aliphatic rings. The molecule has 0 aliphatic carbocycles. The lowest BCUT2D eigenvalue weighted by molar-refractivity contribution is 0.478. The Labute approximate surface area is 116 Å². The molecule has 4 heteroatoms. The molecule has 0 saturated heterocycles. The fraction of sp³-hybridized carbons (Fsp3) is 0.0667. The van der Waals surface area contributed by atoms with E-state index in [-0.39, 0.29) is 0 Å². The zero-order valence-electron chi connectivity index (χ0n) is 10.3. The molecular formula is C15H10N2OS. The van der Waals surface area contributed by atoms with Crippen LogP contribution in [0.5, 0.6) is 11.5 Å². The Morgan fingerprint density at radius 3 is 2.37 bits per heavy atom. The van der Waals surface area contributed by atoms with Crippen molar-refractivity contribution in [2.24, 2.45) is 0 Å². The zero-order valence-corrected chi connectivity index (χ0v) is 11.1. The minimum absolute atomic E-state index is 0.445. The third-order valence-electron chi connectivity index (χ3n) is 2.55. The summed E-state index contributed by atoms with van der Waals surface area (Å²) in [5.74, 6) is 0.928. The molecule has 0 radical (unpaired) electrons. The topological polar surface area (TPSA) is 56.8 Å². The van der Waals surface area contributed by atoms with E-state index in [0.717, 1.165) is 4.90 Å². The van der Waals surface area contributed by atoms with Gasteiger partial charge in [0.25, 0.3) is 0 Å². The third kappa shape index (κ3) is 2.70. The van der Waals surface area contributed by atoms with Crippen LogP contribution in [0, 0.1) is 22.7 Å².